The average Bonchev–Trinajstić information content (AvgIpc) is 3.91. The van der Waals surface area contributed by atoms with E-state index in [0.717, 1.165) is 66.5 Å². The number of imidazole rings is 1. The topological polar surface area (TPSA) is 64.1 Å². The minimum absolute atomic E-state index is 0.0679. The maximum Gasteiger partial charge on any atom is 0.149 e. The van der Waals surface area contributed by atoms with Crippen LogP contribution in [0.25, 0.3) is 106 Å². The Bertz CT molecular complexity index is 3500. The lowest BCUT2D eigenvalue weighted by molar-refractivity contribution is 0.477. The van der Waals surface area contributed by atoms with E-state index in [-0.39, 0.29) is 11.3 Å². The molecule has 60 heavy (non-hydrogen) atoms. The molecular formula is C55H37N3O2. The van der Waals surface area contributed by atoms with E-state index in [4.69, 9.17) is 18.5 Å². The molecule has 0 radical (unpaired) electrons. The summed E-state index contributed by atoms with van der Waals surface area (Å²) in [6.07, 6.45) is 1.86. The van der Waals surface area contributed by atoms with Gasteiger partial charge in [-0.05, 0) is 95.3 Å². The second kappa shape index (κ2) is 14.4. The highest BCUT2D eigenvalue weighted by Crippen LogP contribution is 2.44. The zero-order valence-electron chi connectivity index (χ0n) is 35.2. The standard InChI is InChI=1S/C55H37N3O2/c1-35-23-28-49(45(31-35)39-15-6-3-7-16-39)58-50-20-12-19-43(53(50)57-55(58)44-18-8-10-21-51(44)59)47-33-41(32-46-42-17-9-11-22-52(42)60-54(46)47)48-34-40(29-30-56-48)38-26-24-37(25-27-38)36-13-4-2-5-14-36/h2-34,59H,1H3/i1D3. The fourth-order valence-corrected chi connectivity index (χ4v) is 8.41. The fraction of sp³-hybridized carbons (Fsp3) is 0.0182. The van der Waals surface area contributed by atoms with Gasteiger partial charge in [0.15, 0.2) is 0 Å². The van der Waals surface area contributed by atoms with Crippen LogP contribution in [0.2, 0.25) is 0 Å². The third kappa shape index (κ3) is 6.03. The number of para-hydroxylation sites is 3. The number of aryl methyl sites for hydroxylation is 1. The maximum atomic E-state index is 11.4. The summed E-state index contributed by atoms with van der Waals surface area (Å²) >= 11 is 0. The van der Waals surface area contributed by atoms with Crippen LogP contribution in [-0.2, 0) is 0 Å². The first-order valence-electron chi connectivity index (χ1n) is 21.4. The Balaban J connectivity index is 1.14. The van der Waals surface area contributed by atoms with Gasteiger partial charge in [-0.2, -0.15) is 0 Å². The highest BCUT2D eigenvalue weighted by atomic mass is 16.3. The summed E-state index contributed by atoms with van der Waals surface area (Å²) in [5, 5.41) is 13.3. The number of pyridine rings is 1. The maximum absolute atomic E-state index is 11.4. The normalized spacial score (nSPS) is 12.4. The van der Waals surface area contributed by atoms with E-state index in [1.807, 2.05) is 108 Å². The van der Waals surface area contributed by atoms with E-state index < -0.39 is 6.85 Å². The van der Waals surface area contributed by atoms with E-state index >= 15 is 0 Å². The van der Waals surface area contributed by atoms with Crippen LogP contribution >= 0.6 is 0 Å². The summed E-state index contributed by atoms with van der Waals surface area (Å²) in [6, 6.07) is 63.7. The van der Waals surface area contributed by atoms with Crippen LogP contribution in [0.4, 0.5) is 0 Å². The first-order valence-corrected chi connectivity index (χ1v) is 19.9. The van der Waals surface area contributed by atoms with Crippen molar-refractivity contribution in [3.63, 3.8) is 0 Å². The molecule has 0 unspecified atom stereocenters. The lowest BCUT2D eigenvalue weighted by Crippen LogP contribution is -2.01. The van der Waals surface area contributed by atoms with E-state index in [0.29, 0.717) is 33.7 Å². The molecule has 0 atom stereocenters. The van der Waals surface area contributed by atoms with Gasteiger partial charge in [-0.3, -0.25) is 9.55 Å². The zero-order valence-corrected chi connectivity index (χ0v) is 32.2. The highest BCUT2D eigenvalue weighted by Gasteiger charge is 2.24. The van der Waals surface area contributed by atoms with Crippen LogP contribution in [0.3, 0.4) is 0 Å². The summed E-state index contributed by atoms with van der Waals surface area (Å²) in [4.78, 5) is 10.3. The third-order valence-corrected chi connectivity index (χ3v) is 11.3. The van der Waals surface area contributed by atoms with Crippen molar-refractivity contribution in [1.82, 2.24) is 14.5 Å². The molecule has 0 aliphatic heterocycles. The number of rotatable bonds is 7. The monoisotopic (exact) mass is 774 g/mol. The van der Waals surface area contributed by atoms with Crippen LogP contribution < -0.4 is 0 Å². The summed E-state index contributed by atoms with van der Waals surface area (Å²) in [7, 11) is 0. The molecule has 284 valence electrons. The van der Waals surface area contributed by atoms with Crippen LogP contribution in [0, 0.1) is 6.85 Å². The zero-order chi connectivity index (χ0) is 42.7. The van der Waals surface area contributed by atoms with Crippen molar-refractivity contribution in [1.29, 1.82) is 0 Å². The Kier molecular flexibility index (Phi) is 7.69. The van der Waals surface area contributed by atoms with Crippen molar-refractivity contribution in [3.05, 3.63) is 206 Å². The molecule has 0 aliphatic carbocycles. The van der Waals surface area contributed by atoms with Gasteiger partial charge in [0.05, 0.1) is 28.0 Å². The van der Waals surface area contributed by atoms with E-state index in [1.54, 1.807) is 24.3 Å². The predicted molar refractivity (Wildman–Crippen MR) is 245 cm³/mol. The third-order valence-electron chi connectivity index (χ3n) is 11.3. The second-order valence-corrected chi connectivity index (χ2v) is 14.9. The summed E-state index contributed by atoms with van der Waals surface area (Å²) in [5.74, 6) is 0.567. The predicted octanol–water partition coefficient (Wildman–Crippen LogP) is 14.3. The van der Waals surface area contributed by atoms with Crippen LogP contribution in [0.5, 0.6) is 5.75 Å². The lowest BCUT2D eigenvalue weighted by atomic mass is 9.95. The van der Waals surface area contributed by atoms with E-state index in [2.05, 4.69) is 72.8 Å². The van der Waals surface area contributed by atoms with E-state index in [9.17, 15) is 5.11 Å². The molecule has 0 saturated heterocycles. The van der Waals surface area contributed by atoms with Gasteiger partial charge in [0, 0.05) is 43.3 Å². The Morgan fingerprint density at radius 2 is 1.22 bits per heavy atom. The summed E-state index contributed by atoms with van der Waals surface area (Å²) in [6.45, 7) is -2.32. The van der Waals surface area contributed by atoms with Gasteiger partial charge in [-0.15, -0.1) is 0 Å². The molecule has 5 nitrogen and oxygen atoms in total. The minimum Gasteiger partial charge on any atom is -0.507 e. The van der Waals surface area contributed by atoms with Gasteiger partial charge < -0.3 is 9.52 Å². The fourth-order valence-electron chi connectivity index (χ4n) is 8.41. The van der Waals surface area contributed by atoms with Gasteiger partial charge >= 0.3 is 0 Å². The smallest absolute Gasteiger partial charge is 0.149 e. The number of fused-ring (bicyclic) bond motifs is 4. The number of phenolic OH excluding ortho intramolecular Hbond substituents is 1. The molecule has 0 spiro atoms. The number of phenols is 1. The van der Waals surface area contributed by atoms with Crippen molar-refractivity contribution < 1.29 is 13.6 Å². The van der Waals surface area contributed by atoms with E-state index in [1.165, 1.54) is 5.56 Å². The molecule has 11 aromatic rings. The van der Waals surface area contributed by atoms with Crippen LogP contribution in [0.1, 0.15) is 9.68 Å². The van der Waals surface area contributed by atoms with Crippen molar-refractivity contribution in [2.24, 2.45) is 0 Å². The minimum atomic E-state index is -2.32. The van der Waals surface area contributed by atoms with Crippen molar-refractivity contribution in [2.75, 3.05) is 0 Å². The number of nitrogens with zero attached hydrogens (tertiary/aromatic N) is 3. The molecule has 0 amide bonds. The van der Waals surface area contributed by atoms with Gasteiger partial charge in [-0.1, -0.05) is 139 Å². The van der Waals surface area contributed by atoms with Gasteiger partial charge in [-0.25, -0.2) is 4.98 Å². The second-order valence-electron chi connectivity index (χ2n) is 14.9. The number of hydrogen-bond acceptors (Lipinski definition) is 4. The van der Waals surface area contributed by atoms with Crippen molar-refractivity contribution >= 4 is 33.0 Å². The number of benzene rings is 8. The molecule has 3 aromatic heterocycles. The molecule has 5 heteroatoms. The number of hydrogen-bond donors (Lipinski definition) is 1. The Morgan fingerprint density at radius 1 is 0.517 bits per heavy atom. The number of aromatic hydroxyl groups is 1. The van der Waals surface area contributed by atoms with Gasteiger partial charge in [0.25, 0.3) is 0 Å². The summed E-state index contributed by atoms with van der Waals surface area (Å²) < 4.78 is 33.6. The summed E-state index contributed by atoms with van der Waals surface area (Å²) in [5.41, 5.74) is 13.8. The molecule has 0 saturated carbocycles. The first-order chi connectivity index (χ1) is 30.8. The molecule has 0 fully saturated rings. The molecule has 3 heterocycles. The van der Waals surface area contributed by atoms with Crippen LogP contribution in [-0.4, -0.2) is 19.6 Å². The largest absolute Gasteiger partial charge is 0.507 e. The average molecular weight is 775 g/mol. The van der Waals surface area contributed by atoms with Gasteiger partial charge in [0.1, 0.15) is 22.7 Å². The van der Waals surface area contributed by atoms with Crippen molar-refractivity contribution in [3.8, 4) is 78.6 Å². The highest BCUT2D eigenvalue weighted by molar-refractivity contribution is 6.13. The molecule has 1 N–H and O–H groups in total. The molecule has 11 rings (SSSR count). The molecular weight excluding hydrogens is 735 g/mol. The Morgan fingerprint density at radius 3 is 2.02 bits per heavy atom. The van der Waals surface area contributed by atoms with Crippen LogP contribution in [0.15, 0.2) is 205 Å². The lowest BCUT2D eigenvalue weighted by Gasteiger charge is -2.16. The SMILES string of the molecule is [2H]C([2H])([2H])c1ccc(-n2c(-c3ccccc3O)nc3c(-c4cc(-c5cc(-c6ccc(-c7ccccc7)cc6)ccn5)cc5c4oc4ccccc45)cccc32)c(-c2ccccc2)c1. The molecule has 8 aromatic carbocycles. The molecule has 0 bridgehead atoms. The molecule has 0 aliphatic rings. The number of aromatic nitrogens is 3. The first kappa shape index (κ1) is 32.0. The van der Waals surface area contributed by atoms with Crippen molar-refractivity contribution in [2.45, 2.75) is 6.85 Å². The van der Waals surface area contributed by atoms with Gasteiger partial charge in [0.2, 0.25) is 0 Å². The Hall–Kier alpha value is -8.02. The quantitative estimate of drug-likeness (QED) is 0.175. The number of furan rings is 1. The Labute approximate surface area is 351 Å².